The lowest BCUT2D eigenvalue weighted by Crippen LogP contribution is -2.17. The largest absolute Gasteiger partial charge is 0.382 e. The van der Waals surface area contributed by atoms with Crippen LogP contribution in [0.4, 0.5) is 14.5 Å². The highest BCUT2D eigenvalue weighted by molar-refractivity contribution is 7.99. The first kappa shape index (κ1) is 14.3. The second-order valence-electron chi connectivity index (χ2n) is 3.94. The molecule has 1 nitrogen and oxygen atoms in total. The third-order valence-corrected chi connectivity index (χ3v) is 3.30. The highest BCUT2D eigenvalue weighted by Gasteiger charge is 2.07. The Morgan fingerprint density at radius 2 is 1.82 bits per heavy atom. The van der Waals surface area contributed by atoms with Gasteiger partial charge in [-0.2, -0.15) is 8.78 Å². The first-order chi connectivity index (χ1) is 8.15. The Kier molecular flexibility index (Phi) is 6.34. The lowest BCUT2D eigenvalue weighted by atomic mass is 10.1. The standard InChI is InChI=1S/C13H19F2NS/c1-3-5-10(4-2)16-11-6-8-12(9-7-11)17-13(14)15/h6-10,13,16H,3-5H2,1-2H3. The zero-order chi connectivity index (χ0) is 12.7. The van der Waals surface area contributed by atoms with Gasteiger partial charge in [-0.3, -0.25) is 0 Å². The highest BCUT2D eigenvalue weighted by atomic mass is 32.2. The molecule has 0 radical (unpaired) electrons. The molecule has 1 aromatic carbocycles. The number of benzene rings is 1. The Morgan fingerprint density at radius 3 is 2.29 bits per heavy atom. The van der Waals surface area contributed by atoms with Crippen LogP contribution in [0.25, 0.3) is 0 Å². The van der Waals surface area contributed by atoms with E-state index < -0.39 is 5.76 Å². The molecule has 0 aliphatic carbocycles. The van der Waals surface area contributed by atoms with Crippen LogP contribution in [0, 0.1) is 0 Å². The number of rotatable bonds is 7. The summed E-state index contributed by atoms with van der Waals surface area (Å²) in [6, 6.07) is 7.66. The zero-order valence-corrected chi connectivity index (χ0v) is 11.1. The SMILES string of the molecule is CCCC(CC)Nc1ccc(SC(F)F)cc1. The van der Waals surface area contributed by atoms with Gasteiger partial charge in [0.25, 0.3) is 5.76 Å². The number of thioether (sulfide) groups is 1. The van der Waals surface area contributed by atoms with E-state index in [0.717, 1.165) is 24.9 Å². The van der Waals surface area contributed by atoms with E-state index in [0.29, 0.717) is 22.7 Å². The maximum atomic E-state index is 12.1. The molecule has 4 heteroatoms. The van der Waals surface area contributed by atoms with Crippen molar-refractivity contribution in [2.75, 3.05) is 5.32 Å². The summed E-state index contributed by atoms with van der Waals surface area (Å²) >= 11 is 0.581. The van der Waals surface area contributed by atoms with Gasteiger partial charge in [-0.25, -0.2) is 0 Å². The summed E-state index contributed by atoms with van der Waals surface area (Å²) in [5.41, 5.74) is 1.00. The van der Waals surface area contributed by atoms with Gasteiger partial charge in [0.15, 0.2) is 0 Å². The zero-order valence-electron chi connectivity index (χ0n) is 10.2. The number of hydrogen-bond donors (Lipinski definition) is 1. The fourth-order valence-electron chi connectivity index (χ4n) is 1.70. The lowest BCUT2D eigenvalue weighted by molar-refractivity contribution is 0.252. The predicted molar refractivity (Wildman–Crippen MR) is 70.9 cm³/mol. The van der Waals surface area contributed by atoms with Gasteiger partial charge in [0.1, 0.15) is 0 Å². The van der Waals surface area contributed by atoms with E-state index >= 15 is 0 Å². The van der Waals surface area contributed by atoms with E-state index in [4.69, 9.17) is 0 Å². The molecule has 17 heavy (non-hydrogen) atoms. The number of nitrogens with one attached hydrogen (secondary N) is 1. The van der Waals surface area contributed by atoms with Crippen LogP contribution < -0.4 is 5.32 Å². The summed E-state index contributed by atoms with van der Waals surface area (Å²) in [5.74, 6) is -2.35. The average Bonchev–Trinajstić information content (AvgIpc) is 2.30. The van der Waals surface area contributed by atoms with Crippen LogP contribution in [0.15, 0.2) is 29.2 Å². The van der Waals surface area contributed by atoms with Gasteiger partial charge in [-0.05, 0) is 37.1 Å². The summed E-state index contributed by atoms with van der Waals surface area (Å²) in [6.45, 7) is 4.31. The predicted octanol–water partition coefficient (Wildman–Crippen LogP) is 4.99. The van der Waals surface area contributed by atoms with Crippen LogP contribution in [0.5, 0.6) is 0 Å². The molecule has 1 aromatic rings. The van der Waals surface area contributed by atoms with Crippen LogP contribution in [-0.4, -0.2) is 11.8 Å². The van der Waals surface area contributed by atoms with E-state index in [2.05, 4.69) is 19.2 Å². The van der Waals surface area contributed by atoms with Crippen molar-refractivity contribution in [3.63, 3.8) is 0 Å². The monoisotopic (exact) mass is 259 g/mol. The molecule has 0 bridgehead atoms. The second kappa shape index (κ2) is 7.54. The van der Waals surface area contributed by atoms with Gasteiger partial charge in [-0.1, -0.05) is 32.0 Å². The van der Waals surface area contributed by atoms with Crippen molar-refractivity contribution in [3.05, 3.63) is 24.3 Å². The molecule has 0 fully saturated rings. The minimum Gasteiger partial charge on any atom is -0.382 e. The van der Waals surface area contributed by atoms with Gasteiger partial charge in [0.05, 0.1) is 0 Å². The minimum atomic E-state index is -2.35. The van der Waals surface area contributed by atoms with Crippen molar-refractivity contribution in [3.8, 4) is 0 Å². The van der Waals surface area contributed by atoms with Crippen LogP contribution in [0.1, 0.15) is 33.1 Å². The smallest absolute Gasteiger partial charge is 0.288 e. The van der Waals surface area contributed by atoms with Crippen molar-refractivity contribution < 1.29 is 8.78 Å². The minimum absolute atomic E-state index is 0.466. The van der Waals surface area contributed by atoms with Crippen molar-refractivity contribution >= 4 is 17.4 Å². The maximum absolute atomic E-state index is 12.1. The molecule has 1 atom stereocenters. The van der Waals surface area contributed by atoms with Crippen LogP contribution >= 0.6 is 11.8 Å². The lowest BCUT2D eigenvalue weighted by Gasteiger charge is -2.17. The van der Waals surface area contributed by atoms with Gasteiger partial charge < -0.3 is 5.32 Å². The molecular weight excluding hydrogens is 240 g/mol. The summed E-state index contributed by atoms with van der Waals surface area (Å²) in [5, 5.41) is 3.41. The molecule has 1 rings (SSSR count). The average molecular weight is 259 g/mol. The molecule has 1 unspecified atom stereocenters. The molecule has 0 spiro atoms. The molecule has 96 valence electrons. The number of alkyl halides is 2. The Labute approximate surface area is 106 Å². The molecule has 0 aliphatic heterocycles. The first-order valence-corrected chi connectivity index (χ1v) is 6.85. The Balaban J connectivity index is 2.54. The van der Waals surface area contributed by atoms with E-state index in [-0.39, 0.29) is 0 Å². The van der Waals surface area contributed by atoms with Crippen molar-refractivity contribution in [2.45, 2.75) is 49.8 Å². The molecule has 0 amide bonds. The Bertz CT molecular complexity index is 314. The first-order valence-electron chi connectivity index (χ1n) is 5.97. The van der Waals surface area contributed by atoms with Gasteiger partial charge in [-0.15, -0.1) is 0 Å². The van der Waals surface area contributed by atoms with E-state index in [1.807, 2.05) is 12.1 Å². The second-order valence-corrected chi connectivity index (χ2v) is 5.00. The Morgan fingerprint density at radius 1 is 1.18 bits per heavy atom. The molecule has 0 aromatic heterocycles. The molecule has 0 aliphatic rings. The fourth-order valence-corrected chi connectivity index (χ4v) is 2.19. The van der Waals surface area contributed by atoms with E-state index in [1.54, 1.807) is 12.1 Å². The van der Waals surface area contributed by atoms with Crippen LogP contribution in [0.2, 0.25) is 0 Å². The third-order valence-electron chi connectivity index (χ3n) is 2.58. The third kappa shape index (κ3) is 5.39. The van der Waals surface area contributed by atoms with Crippen molar-refractivity contribution in [2.24, 2.45) is 0 Å². The highest BCUT2D eigenvalue weighted by Crippen LogP contribution is 2.26. The maximum Gasteiger partial charge on any atom is 0.288 e. The fraction of sp³-hybridized carbons (Fsp3) is 0.538. The van der Waals surface area contributed by atoms with Crippen LogP contribution in [-0.2, 0) is 0 Å². The number of hydrogen-bond acceptors (Lipinski definition) is 2. The van der Waals surface area contributed by atoms with Gasteiger partial charge >= 0.3 is 0 Å². The molecule has 0 heterocycles. The van der Waals surface area contributed by atoms with Gasteiger partial charge in [0.2, 0.25) is 0 Å². The molecule has 1 N–H and O–H groups in total. The Hall–Kier alpha value is -0.770. The molecule has 0 saturated carbocycles. The van der Waals surface area contributed by atoms with Crippen molar-refractivity contribution in [1.29, 1.82) is 0 Å². The van der Waals surface area contributed by atoms with Crippen molar-refractivity contribution in [1.82, 2.24) is 0 Å². The summed E-state index contributed by atoms with van der Waals surface area (Å²) in [6.07, 6.45) is 3.34. The van der Waals surface area contributed by atoms with Gasteiger partial charge in [0, 0.05) is 16.6 Å². The summed E-state index contributed by atoms with van der Waals surface area (Å²) in [4.78, 5) is 0.606. The number of halogens is 2. The molecule has 0 saturated heterocycles. The van der Waals surface area contributed by atoms with E-state index in [1.165, 1.54) is 0 Å². The summed E-state index contributed by atoms with van der Waals surface area (Å²) in [7, 11) is 0. The van der Waals surface area contributed by atoms with Crippen LogP contribution in [0.3, 0.4) is 0 Å². The van der Waals surface area contributed by atoms with E-state index in [9.17, 15) is 8.78 Å². The normalized spacial score (nSPS) is 12.8. The topological polar surface area (TPSA) is 12.0 Å². The quantitative estimate of drug-likeness (QED) is 0.692. The number of anilines is 1. The summed E-state index contributed by atoms with van der Waals surface area (Å²) < 4.78 is 24.3. The molecular formula is C13H19F2NS.